The second-order valence-electron chi connectivity index (χ2n) is 4.51. The molecule has 0 saturated heterocycles. The van der Waals surface area contributed by atoms with Crippen LogP contribution in [0.3, 0.4) is 0 Å². The minimum absolute atomic E-state index is 0.266. The Bertz CT molecular complexity index is 675. The quantitative estimate of drug-likeness (QED) is 0.599. The molecule has 0 heterocycles. The van der Waals surface area contributed by atoms with E-state index in [-0.39, 0.29) is 11.5 Å². The molecule has 0 aliphatic heterocycles. The highest BCUT2D eigenvalue weighted by Crippen LogP contribution is 2.19. The molecule has 0 atom stereocenters. The van der Waals surface area contributed by atoms with E-state index in [1.807, 2.05) is 0 Å². The Morgan fingerprint density at radius 3 is 2.29 bits per heavy atom. The minimum atomic E-state index is -3.36. The number of hydrogen-bond acceptors (Lipinski definition) is 3. The largest absolute Gasteiger partial charge is 0.462 e. The summed E-state index contributed by atoms with van der Waals surface area (Å²) in [6, 6.07) is 5.70. The Labute approximate surface area is 124 Å². The molecule has 1 rings (SSSR count). The lowest BCUT2D eigenvalue weighted by molar-refractivity contribution is 0.384. The molecule has 0 aliphatic carbocycles. The zero-order chi connectivity index (χ0) is 16.2. The molecule has 1 aromatic carbocycles. The Kier molecular flexibility index (Phi) is 5.32. The first-order chi connectivity index (χ1) is 9.61. The predicted octanol–water partition coefficient (Wildman–Crippen LogP) is 3.12. The van der Waals surface area contributed by atoms with E-state index in [9.17, 15) is 12.8 Å². The second kappa shape index (κ2) is 6.58. The number of ether oxygens (including phenoxy) is 1. The number of halogens is 1. The summed E-state index contributed by atoms with van der Waals surface area (Å²) in [7, 11) is -1.96. The molecule has 0 unspecified atom stereocenters. The molecule has 0 amide bonds. The molecule has 1 aromatic rings. The van der Waals surface area contributed by atoms with E-state index >= 15 is 0 Å². The van der Waals surface area contributed by atoms with Gasteiger partial charge in [-0.1, -0.05) is 13.2 Å². The molecule has 0 aliphatic rings. The van der Waals surface area contributed by atoms with Crippen molar-refractivity contribution < 1.29 is 17.5 Å². The lowest BCUT2D eigenvalue weighted by Crippen LogP contribution is -2.23. The van der Waals surface area contributed by atoms with Crippen LogP contribution < -0.4 is 0 Å². The van der Waals surface area contributed by atoms with Crippen LogP contribution in [0.5, 0.6) is 0 Å². The maximum atomic E-state index is 12.8. The summed E-state index contributed by atoms with van der Waals surface area (Å²) >= 11 is 0. The number of rotatable bonds is 6. The molecule has 4 nitrogen and oxygen atoms in total. The highest BCUT2D eigenvalue weighted by Gasteiger charge is 2.12. The van der Waals surface area contributed by atoms with Crippen LogP contribution in [0.25, 0.3) is 5.76 Å². The zero-order valence-electron chi connectivity index (χ0n) is 12.3. The van der Waals surface area contributed by atoms with Crippen molar-refractivity contribution in [3.63, 3.8) is 0 Å². The topological polar surface area (TPSA) is 46.6 Å². The number of hydrogen-bond donors (Lipinski definition) is 0. The summed E-state index contributed by atoms with van der Waals surface area (Å²) in [5, 5.41) is 0. The van der Waals surface area contributed by atoms with E-state index < -0.39 is 10.0 Å². The highest BCUT2D eigenvalue weighted by atomic mass is 32.2. The molecule has 0 N–H and O–H groups in total. The molecular formula is C15H18FNO3S. The fourth-order valence-corrected chi connectivity index (χ4v) is 1.94. The third-order valence-corrected chi connectivity index (χ3v) is 3.95. The van der Waals surface area contributed by atoms with Gasteiger partial charge >= 0.3 is 0 Å². The van der Waals surface area contributed by atoms with Gasteiger partial charge in [-0.3, -0.25) is 4.31 Å². The van der Waals surface area contributed by atoms with E-state index in [2.05, 4.69) is 13.2 Å². The van der Waals surface area contributed by atoms with Crippen LogP contribution in [0, 0.1) is 5.82 Å². The number of nitrogens with zero attached hydrogens (tertiary/aromatic N) is 1. The number of sulfonamides is 1. The summed E-state index contributed by atoms with van der Waals surface area (Å²) < 4.78 is 42.1. The van der Waals surface area contributed by atoms with Gasteiger partial charge in [-0.05, 0) is 37.3 Å². The maximum absolute atomic E-state index is 12.8. The molecule has 0 bridgehead atoms. The molecule has 114 valence electrons. The van der Waals surface area contributed by atoms with Gasteiger partial charge in [0.05, 0.1) is 6.26 Å². The molecule has 0 radical (unpaired) electrons. The number of benzene rings is 1. The molecular weight excluding hydrogens is 293 g/mol. The van der Waals surface area contributed by atoms with Crippen molar-refractivity contribution in [1.29, 1.82) is 0 Å². The SMILES string of the molecule is C=C(O/C(C)=C/C(=C)N(C)S(C)(=O)=O)c1ccc(F)cc1. The summed E-state index contributed by atoms with van der Waals surface area (Å²) in [6.45, 7) is 9.06. The first kappa shape index (κ1) is 17.0. The standard InChI is InChI=1S/C15H18FNO3S/c1-11(17(4)21(5,18)19)10-12(2)20-13(3)14-6-8-15(16)9-7-14/h6-10H,1,3H2,2,4-5H3/b12-10+. The second-order valence-corrected chi connectivity index (χ2v) is 6.52. The fourth-order valence-electron chi connectivity index (χ4n) is 1.46. The Balaban J connectivity index is 2.78. The van der Waals surface area contributed by atoms with E-state index in [1.54, 1.807) is 19.1 Å². The van der Waals surface area contributed by atoms with Gasteiger partial charge in [0.1, 0.15) is 17.3 Å². The van der Waals surface area contributed by atoms with Crippen LogP contribution in [-0.4, -0.2) is 26.0 Å². The minimum Gasteiger partial charge on any atom is -0.462 e. The zero-order valence-corrected chi connectivity index (χ0v) is 13.1. The number of allylic oxidation sites excluding steroid dienone is 2. The van der Waals surface area contributed by atoms with Gasteiger partial charge in [-0.25, -0.2) is 12.8 Å². The lowest BCUT2D eigenvalue weighted by atomic mass is 10.2. The Morgan fingerprint density at radius 2 is 1.81 bits per heavy atom. The Morgan fingerprint density at radius 1 is 1.29 bits per heavy atom. The lowest BCUT2D eigenvalue weighted by Gasteiger charge is -2.17. The van der Waals surface area contributed by atoms with Crippen molar-refractivity contribution in [3.05, 3.63) is 66.3 Å². The third-order valence-electron chi connectivity index (χ3n) is 2.72. The number of likely N-dealkylation sites (N-methyl/N-ethyl adjacent to an activating group) is 1. The highest BCUT2D eigenvalue weighted by molar-refractivity contribution is 7.88. The van der Waals surface area contributed by atoms with E-state index in [0.29, 0.717) is 17.1 Å². The van der Waals surface area contributed by atoms with Gasteiger partial charge in [0.25, 0.3) is 0 Å². The predicted molar refractivity (Wildman–Crippen MR) is 82.0 cm³/mol. The average Bonchev–Trinajstić information content (AvgIpc) is 2.37. The molecule has 6 heteroatoms. The molecule has 0 fully saturated rings. The van der Waals surface area contributed by atoms with Gasteiger partial charge in [-0.15, -0.1) is 0 Å². The van der Waals surface area contributed by atoms with Crippen molar-refractivity contribution in [1.82, 2.24) is 4.31 Å². The van der Waals surface area contributed by atoms with Gasteiger partial charge in [0, 0.05) is 18.3 Å². The molecule has 21 heavy (non-hydrogen) atoms. The first-order valence-corrected chi connectivity index (χ1v) is 7.90. The van der Waals surface area contributed by atoms with E-state index in [0.717, 1.165) is 10.6 Å². The van der Waals surface area contributed by atoms with Crippen LogP contribution in [0.15, 0.2) is 55.0 Å². The summed E-state index contributed by atoms with van der Waals surface area (Å²) in [5.41, 5.74) is 0.896. The van der Waals surface area contributed by atoms with Crippen LogP contribution >= 0.6 is 0 Å². The van der Waals surface area contributed by atoms with Crippen LogP contribution in [-0.2, 0) is 14.8 Å². The first-order valence-electron chi connectivity index (χ1n) is 6.05. The van der Waals surface area contributed by atoms with Crippen molar-refractivity contribution in [2.24, 2.45) is 0 Å². The van der Waals surface area contributed by atoms with Crippen LogP contribution in [0.4, 0.5) is 4.39 Å². The van der Waals surface area contributed by atoms with Gasteiger partial charge < -0.3 is 4.74 Å². The van der Waals surface area contributed by atoms with E-state index in [1.165, 1.54) is 25.3 Å². The van der Waals surface area contributed by atoms with Crippen molar-refractivity contribution in [3.8, 4) is 0 Å². The Hall–Kier alpha value is -2.08. The maximum Gasteiger partial charge on any atom is 0.231 e. The normalized spacial score (nSPS) is 11.9. The monoisotopic (exact) mass is 311 g/mol. The van der Waals surface area contributed by atoms with Crippen molar-refractivity contribution in [2.45, 2.75) is 6.92 Å². The van der Waals surface area contributed by atoms with Gasteiger partial charge in [0.2, 0.25) is 10.0 Å². The van der Waals surface area contributed by atoms with Crippen molar-refractivity contribution in [2.75, 3.05) is 13.3 Å². The van der Waals surface area contributed by atoms with Crippen molar-refractivity contribution >= 4 is 15.8 Å². The average molecular weight is 311 g/mol. The van der Waals surface area contributed by atoms with E-state index in [4.69, 9.17) is 4.74 Å². The third kappa shape index (κ3) is 5.07. The molecule has 0 aromatic heterocycles. The summed E-state index contributed by atoms with van der Waals surface area (Å²) in [4.78, 5) is 0. The fraction of sp³-hybridized carbons (Fsp3) is 0.200. The summed E-state index contributed by atoms with van der Waals surface area (Å²) in [6.07, 6.45) is 2.56. The summed E-state index contributed by atoms with van der Waals surface area (Å²) in [5.74, 6) is 0.408. The van der Waals surface area contributed by atoms with Gasteiger partial charge in [0.15, 0.2) is 0 Å². The van der Waals surface area contributed by atoms with Crippen LogP contribution in [0.2, 0.25) is 0 Å². The van der Waals surface area contributed by atoms with Gasteiger partial charge in [-0.2, -0.15) is 0 Å². The molecule has 0 spiro atoms. The smallest absolute Gasteiger partial charge is 0.231 e. The van der Waals surface area contributed by atoms with Crippen LogP contribution in [0.1, 0.15) is 12.5 Å². The molecule has 0 saturated carbocycles.